The van der Waals surface area contributed by atoms with Crippen molar-refractivity contribution in [3.05, 3.63) is 70.2 Å². The molecule has 2 aromatic carbocycles. The van der Waals surface area contributed by atoms with Crippen molar-refractivity contribution in [2.24, 2.45) is 0 Å². The fraction of sp³-hybridized carbons (Fsp3) is 0.318. The zero-order valence-corrected chi connectivity index (χ0v) is 16.5. The predicted molar refractivity (Wildman–Crippen MR) is 112 cm³/mol. The highest BCUT2D eigenvalue weighted by Gasteiger charge is 2.09. The number of amides is 1. The van der Waals surface area contributed by atoms with Gasteiger partial charge in [-0.05, 0) is 73.8 Å². The van der Waals surface area contributed by atoms with E-state index < -0.39 is 0 Å². The largest absolute Gasteiger partial charge is 0.323 e. The number of benzene rings is 2. The lowest BCUT2D eigenvalue weighted by Gasteiger charge is -2.26. The standard InChI is InChI=1S/C22H25BrN2O/c23-20-8-4-6-18(16-20)10-11-22(26)24-21-9-5-7-19(17-21)12-15-25-13-2-1-3-14-25/h4-11,16-17H,1-3,12-15H2,(H,24,26). The van der Waals surface area contributed by atoms with Gasteiger partial charge in [-0.2, -0.15) is 0 Å². The molecule has 0 bridgehead atoms. The predicted octanol–water partition coefficient (Wildman–Crippen LogP) is 5.13. The molecule has 0 aromatic heterocycles. The summed E-state index contributed by atoms with van der Waals surface area (Å²) in [5, 5.41) is 2.95. The van der Waals surface area contributed by atoms with Gasteiger partial charge in [0.25, 0.3) is 0 Å². The van der Waals surface area contributed by atoms with E-state index in [9.17, 15) is 4.79 Å². The first-order chi connectivity index (χ1) is 12.7. The van der Waals surface area contributed by atoms with Crippen molar-refractivity contribution in [3.8, 4) is 0 Å². The third-order valence-corrected chi connectivity index (χ3v) is 5.13. The summed E-state index contributed by atoms with van der Waals surface area (Å²) in [7, 11) is 0. The fourth-order valence-corrected chi connectivity index (χ4v) is 3.66. The summed E-state index contributed by atoms with van der Waals surface area (Å²) >= 11 is 3.44. The van der Waals surface area contributed by atoms with Crippen molar-refractivity contribution in [3.63, 3.8) is 0 Å². The third kappa shape index (κ3) is 6.11. The Morgan fingerprint density at radius 3 is 2.69 bits per heavy atom. The molecule has 0 unspecified atom stereocenters. The summed E-state index contributed by atoms with van der Waals surface area (Å²) in [6, 6.07) is 16.0. The number of hydrogen-bond donors (Lipinski definition) is 1. The van der Waals surface area contributed by atoms with E-state index in [1.807, 2.05) is 42.5 Å². The van der Waals surface area contributed by atoms with Crippen LogP contribution in [0.1, 0.15) is 30.4 Å². The average molecular weight is 413 g/mol. The van der Waals surface area contributed by atoms with E-state index >= 15 is 0 Å². The maximum atomic E-state index is 12.2. The van der Waals surface area contributed by atoms with Crippen molar-refractivity contribution in [2.45, 2.75) is 25.7 Å². The first-order valence-electron chi connectivity index (χ1n) is 9.25. The maximum absolute atomic E-state index is 12.2. The maximum Gasteiger partial charge on any atom is 0.248 e. The molecule has 136 valence electrons. The van der Waals surface area contributed by atoms with Crippen LogP contribution < -0.4 is 5.32 Å². The molecule has 1 heterocycles. The molecule has 1 amide bonds. The first-order valence-corrected chi connectivity index (χ1v) is 10.0. The second kappa shape index (κ2) is 9.70. The summed E-state index contributed by atoms with van der Waals surface area (Å²) in [5.74, 6) is -0.113. The number of rotatable bonds is 6. The number of piperidine rings is 1. The van der Waals surface area contributed by atoms with Crippen LogP contribution in [-0.2, 0) is 11.2 Å². The Hall–Kier alpha value is -1.91. The van der Waals surface area contributed by atoms with Gasteiger partial charge >= 0.3 is 0 Å². The van der Waals surface area contributed by atoms with E-state index in [0.29, 0.717) is 0 Å². The van der Waals surface area contributed by atoms with Crippen LogP contribution in [0.3, 0.4) is 0 Å². The van der Waals surface area contributed by atoms with Crippen molar-refractivity contribution in [2.75, 3.05) is 25.0 Å². The summed E-state index contributed by atoms with van der Waals surface area (Å²) in [6.45, 7) is 3.54. The van der Waals surface area contributed by atoms with Crippen LogP contribution in [0.25, 0.3) is 6.08 Å². The summed E-state index contributed by atoms with van der Waals surface area (Å²) < 4.78 is 1.00. The molecule has 1 aliphatic rings. The molecule has 4 heteroatoms. The molecule has 3 nitrogen and oxygen atoms in total. The van der Waals surface area contributed by atoms with Crippen molar-refractivity contribution >= 4 is 33.6 Å². The van der Waals surface area contributed by atoms with Gasteiger partial charge in [0.1, 0.15) is 0 Å². The summed E-state index contributed by atoms with van der Waals surface area (Å²) in [4.78, 5) is 14.7. The van der Waals surface area contributed by atoms with E-state index in [0.717, 1.165) is 28.7 Å². The Kier molecular flexibility index (Phi) is 7.04. The van der Waals surface area contributed by atoms with Crippen LogP contribution >= 0.6 is 15.9 Å². The Morgan fingerprint density at radius 1 is 1.08 bits per heavy atom. The van der Waals surface area contributed by atoms with Crippen molar-refractivity contribution in [1.82, 2.24) is 4.90 Å². The minimum absolute atomic E-state index is 0.113. The van der Waals surface area contributed by atoms with Crippen LogP contribution in [0.4, 0.5) is 5.69 Å². The molecule has 1 saturated heterocycles. The number of hydrogen-bond acceptors (Lipinski definition) is 2. The number of nitrogens with one attached hydrogen (secondary N) is 1. The summed E-state index contributed by atoms with van der Waals surface area (Å²) in [6.07, 6.45) is 8.42. The Bertz CT molecular complexity index is 766. The quantitative estimate of drug-likeness (QED) is 0.666. The van der Waals surface area contributed by atoms with Crippen LogP contribution in [0.15, 0.2) is 59.1 Å². The Morgan fingerprint density at radius 2 is 1.88 bits per heavy atom. The lowest BCUT2D eigenvalue weighted by atomic mass is 10.1. The zero-order valence-electron chi connectivity index (χ0n) is 15.0. The smallest absolute Gasteiger partial charge is 0.248 e. The van der Waals surface area contributed by atoms with Gasteiger partial charge < -0.3 is 10.2 Å². The number of carbonyl (C=O) groups is 1. The second-order valence-electron chi connectivity index (χ2n) is 6.73. The molecule has 0 aliphatic carbocycles. The van der Waals surface area contributed by atoms with E-state index in [4.69, 9.17) is 0 Å². The lowest BCUT2D eigenvalue weighted by molar-refractivity contribution is -0.111. The SMILES string of the molecule is O=C(C=Cc1cccc(Br)c1)Nc1cccc(CCN2CCCCC2)c1. The number of nitrogens with zero attached hydrogens (tertiary/aromatic N) is 1. The molecule has 3 rings (SSSR count). The molecule has 1 N–H and O–H groups in total. The van der Waals surface area contributed by atoms with Gasteiger partial charge in [-0.1, -0.05) is 46.6 Å². The minimum Gasteiger partial charge on any atom is -0.323 e. The van der Waals surface area contributed by atoms with E-state index in [1.165, 1.54) is 37.9 Å². The lowest BCUT2D eigenvalue weighted by Crippen LogP contribution is -2.31. The summed E-state index contributed by atoms with van der Waals surface area (Å²) in [5.41, 5.74) is 3.11. The van der Waals surface area contributed by atoms with Gasteiger partial charge in [0, 0.05) is 22.8 Å². The van der Waals surface area contributed by atoms with Gasteiger partial charge in [-0.15, -0.1) is 0 Å². The first kappa shape index (κ1) is 18.9. The van der Waals surface area contributed by atoms with Crippen LogP contribution in [0.5, 0.6) is 0 Å². The molecule has 26 heavy (non-hydrogen) atoms. The van der Waals surface area contributed by atoms with E-state index in [2.05, 4.69) is 38.3 Å². The molecule has 0 saturated carbocycles. The van der Waals surface area contributed by atoms with Gasteiger partial charge in [0.05, 0.1) is 0 Å². The number of anilines is 1. The minimum atomic E-state index is -0.113. The highest BCUT2D eigenvalue weighted by molar-refractivity contribution is 9.10. The Balaban J connectivity index is 1.53. The van der Waals surface area contributed by atoms with Crippen LogP contribution in [0, 0.1) is 0 Å². The zero-order chi connectivity index (χ0) is 18.2. The van der Waals surface area contributed by atoms with Crippen molar-refractivity contribution in [1.29, 1.82) is 0 Å². The third-order valence-electron chi connectivity index (χ3n) is 4.64. The molecular formula is C22H25BrN2O. The highest BCUT2D eigenvalue weighted by Crippen LogP contribution is 2.15. The topological polar surface area (TPSA) is 32.3 Å². The molecular weight excluding hydrogens is 388 g/mol. The molecule has 0 atom stereocenters. The van der Waals surface area contributed by atoms with Gasteiger partial charge in [0.15, 0.2) is 0 Å². The molecule has 1 aliphatic heterocycles. The fourth-order valence-electron chi connectivity index (χ4n) is 3.24. The van der Waals surface area contributed by atoms with Gasteiger partial charge in [0.2, 0.25) is 5.91 Å². The molecule has 0 radical (unpaired) electrons. The van der Waals surface area contributed by atoms with Crippen LogP contribution in [0.2, 0.25) is 0 Å². The normalized spacial score (nSPS) is 15.3. The van der Waals surface area contributed by atoms with Crippen molar-refractivity contribution < 1.29 is 4.79 Å². The highest BCUT2D eigenvalue weighted by atomic mass is 79.9. The van der Waals surface area contributed by atoms with E-state index in [-0.39, 0.29) is 5.91 Å². The van der Waals surface area contributed by atoms with Gasteiger partial charge in [-0.3, -0.25) is 4.79 Å². The Labute approximate surface area is 164 Å². The molecule has 2 aromatic rings. The second-order valence-corrected chi connectivity index (χ2v) is 7.65. The number of likely N-dealkylation sites (tertiary alicyclic amines) is 1. The van der Waals surface area contributed by atoms with Crippen LogP contribution in [-0.4, -0.2) is 30.4 Å². The van der Waals surface area contributed by atoms with Gasteiger partial charge in [-0.25, -0.2) is 0 Å². The average Bonchev–Trinajstić information content (AvgIpc) is 2.66. The van der Waals surface area contributed by atoms with E-state index in [1.54, 1.807) is 6.08 Å². The monoisotopic (exact) mass is 412 g/mol. The molecule has 1 fully saturated rings. The number of carbonyl (C=O) groups excluding carboxylic acids is 1. The molecule has 0 spiro atoms. The number of halogens is 1.